The average molecular weight is 623 g/mol. The van der Waals surface area contributed by atoms with Gasteiger partial charge in [-0.1, -0.05) is 35.3 Å². The van der Waals surface area contributed by atoms with E-state index >= 15 is 0 Å². The minimum atomic E-state index is -0.230. The Bertz CT molecular complexity index is 1210. The van der Waals surface area contributed by atoms with Crippen molar-refractivity contribution < 1.29 is 14.7 Å². The highest BCUT2D eigenvalue weighted by Gasteiger charge is 2.37. The number of hydrogen-bond donors (Lipinski definition) is 1. The number of likely N-dealkylation sites (tertiary alicyclic amines) is 1. The highest BCUT2D eigenvalue weighted by molar-refractivity contribution is 6.36. The summed E-state index contributed by atoms with van der Waals surface area (Å²) >= 11 is 13.5. The Labute approximate surface area is 260 Å². The Kier molecular flexibility index (Phi) is 10.3. The predicted molar refractivity (Wildman–Crippen MR) is 168 cm³/mol. The van der Waals surface area contributed by atoms with E-state index < -0.39 is 0 Å². The van der Waals surface area contributed by atoms with Gasteiger partial charge in [-0.05, 0) is 100 Å². The van der Waals surface area contributed by atoms with Gasteiger partial charge in [0.2, 0.25) is 5.91 Å². The van der Waals surface area contributed by atoms with E-state index in [-0.39, 0.29) is 47.8 Å². The average Bonchev–Trinajstić information content (AvgIpc) is 3.30. The summed E-state index contributed by atoms with van der Waals surface area (Å²) in [5.74, 6) is 0.118. The van der Waals surface area contributed by atoms with Crippen molar-refractivity contribution in [3.05, 3.63) is 57.6 Å². The molecule has 0 radical (unpaired) electrons. The van der Waals surface area contributed by atoms with Crippen molar-refractivity contribution in [1.82, 2.24) is 14.7 Å². The molecule has 1 saturated carbocycles. The minimum absolute atomic E-state index is 0. The Morgan fingerprint density at radius 3 is 2.02 bits per heavy atom. The maximum atomic E-state index is 13.2. The van der Waals surface area contributed by atoms with Gasteiger partial charge in [0, 0.05) is 65.8 Å². The quantitative estimate of drug-likeness (QED) is 0.423. The normalized spacial score (nSPS) is 24.0. The molecule has 3 aliphatic rings. The van der Waals surface area contributed by atoms with Crippen LogP contribution in [-0.4, -0.2) is 82.0 Å². The van der Waals surface area contributed by atoms with E-state index in [0.717, 1.165) is 81.5 Å². The van der Waals surface area contributed by atoms with Crippen LogP contribution in [0.4, 0.5) is 0 Å². The molecule has 2 aliphatic heterocycles. The molecule has 2 heterocycles. The van der Waals surface area contributed by atoms with Gasteiger partial charge in [0.05, 0.1) is 6.10 Å². The van der Waals surface area contributed by atoms with Crippen LogP contribution in [0.25, 0.3) is 11.1 Å². The molecule has 1 aliphatic carbocycles. The minimum Gasteiger partial charge on any atom is -0.393 e. The SMILES string of the molecule is CC(C)(C)N1CCN(C(=O)c2ccc(-c3cc(Cl)c(CC4CCN(C5CCC(O)CC5)C4=O)c(Cl)c3)cc2)CC1.Cl. The van der Waals surface area contributed by atoms with Gasteiger partial charge in [0.25, 0.3) is 5.91 Å². The zero-order chi connectivity index (χ0) is 28.6. The Balaban J connectivity index is 0.00000387. The van der Waals surface area contributed by atoms with Gasteiger partial charge in [-0.25, -0.2) is 0 Å². The Hall–Kier alpha value is -1.83. The van der Waals surface area contributed by atoms with Crippen molar-refractivity contribution in [2.45, 2.75) is 77.0 Å². The van der Waals surface area contributed by atoms with Crippen molar-refractivity contribution >= 4 is 47.4 Å². The van der Waals surface area contributed by atoms with Crippen molar-refractivity contribution in [3.63, 3.8) is 0 Å². The lowest BCUT2D eigenvalue weighted by Gasteiger charge is -2.42. The molecule has 41 heavy (non-hydrogen) atoms. The number of halogens is 3. The number of carbonyl (C=O) groups excluding carboxylic acids is 2. The summed E-state index contributed by atoms with van der Waals surface area (Å²) in [6.45, 7) is 10.6. The summed E-state index contributed by atoms with van der Waals surface area (Å²) in [6.07, 6.45) is 4.37. The van der Waals surface area contributed by atoms with Gasteiger partial charge >= 0.3 is 0 Å². The van der Waals surface area contributed by atoms with E-state index in [1.54, 1.807) is 0 Å². The van der Waals surface area contributed by atoms with Gasteiger partial charge in [-0.2, -0.15) is 0 Å². The van der Waals surface area contributed by atoms with Crippen LogP contribution in [0.2, 0.25) is 10.0 Å². The second-order valence-electron chi connectivity index (χ2n) is 12.6. The highest BCUT2D eigenvalue weighted by atomic mass is 35.5. The fraction of sp³-hybridized carbons (Fsp3) is 0.562. The van der Waals surface area contributed by atoms with E-state index in [2.05, 4.69) is 25.7 Å². The molecular formula is C32H42Cl3N3O3. The zero-order valence-electron chi connectivity index (χ0n) is 24.2. The first-order valence-electron chi connectivity index (χ1n) is 14.6. The summed E-state index contributed by atoms with van der Waals surface area (Å²) < 4.78 is 0. The van der Waals surface area contributed by atoms with Crippen LogP contribution in [-0.2, 0) is 11.2 Å². The molecule has 2 amide bonds. The smallest absolute Gasteiger partial charge is 0.253 e. The molecule has 0 bridgehead atoms. The Morgan fingerprint density at radius 1 is 0.878 bits per heavy atom. The van der Waals surface area contributed by atoms with Crippen LogP contribution in [0.5, 0.6) is 0 Å². The molecular weight excluding hydrogens is 581 g/mol. The molecule has 3 fully saturated rings. The van der Waals surface area contributed by atoms with Crippen molar-refractivity contribution in [1.29, 1.82) is 0 Å². The van der Waals surface area contributed by atoms with Crippen LogP contribution in [0.15, 0.2) is 36.4 Å². The first-order chi connectivity index (χ1) is 19.0. The molecule has 5 rings (SSSR count). The third kappa shape index (κ3) is 7.22. The van der Waals surface area contributed by atoms with E-state index in [1.165, 1.54) is 0 Å². The number of piperazine rings is 1. The number of aliphatic hydroxyl groups is 1. The Morgan fingerprint density at radius 2 is 1.46 bits per heavy atom. The molecule has 2 saturated heterocycles. The van der Waals surface area contributed by atoms with E-state index in [1.807, 2.05) is 46.2 Å². The maximum Gasteiger partial charge on any atom is 0.253 e. The summed E-state index contributed by atoms with van der Waals surface area (Å²) in [5.41, 5.74) is 3.43. The predicted octanol–water partition coefficient (Wildman–Crippen LogP) is 6.33. The molecule has 9 heteroatoms. The fourth-order valence-corrected chi connectivity index (χ4v) is 7.11. The second kappa shape index (κ2) is 13.2. The first-order valence-corrected chi connectivity index (χ1v) is 15.4. The number of aliphatic hydroxyl groups excluding tert-OH is 1. The van der Waals surface area contributed by atoms with Crippen LogP contribution < -0.4 is 0 Å². The lowest BCUT2D eigenvalue weighted by atomic mass is 9.92. The molecule has 0 spiro atoms. The maximum absolute atomic E-state index is 13.2. The highest BCUT2D eigenvalue weighted by Crippen LogP contribution is 2.37. The molecule has 0 aromatic heterocycles. The summed E-state index contributed by atoms with van der Waals surface area (Å²) in [6, 6.07) is 11.7. The van der Waals surface area contributed by atoms with Gasteiger partial charge in [-0.3, -0.25) is 14.5 Å². The number of benzene rings is 2. The van der Waals surface area contributed by atoms with Crippen molar-refractivity contribution in [2.75, 3.05) is 32.7 Å². The topological polar surface area (TPSA) is 64.1 Å². The third-order valence-corrected chi connectivity index (χ3v) is 9.70. The second-order valence-corrected chi connectivity index (χ2v) is 13.4. The molecule has 224 valence electrons. The van der Waals surface area contributed by atoms with Crippen molar-refractivity contribution in [2.24, 2.45) is 5.92 Å². The number of rotatable bonds is 5. The standard InChI is InChI=1S/C32H41Cl2N3O3.ClH/c1-32(2,3)36-16-14-35(15-17-36)30(39)22-6-4-21(5-7-22)24-19-28(33)27(29(34)20-24)18-23-12-13-37(31(23)40)25-8-10-26(38)11-9-25;/h4-7,19-20,23,25-26,38H,8-18H2,1-3H3;1H. The van der Waals surface area contributed by atoms with Crippen LogP contribution >= 0.6 is 35.6 Å². The molecule has 6 nitrogen and oxygen atoms in total. The molecule has 1 N–H and O–H groups in total. The van der Waals surface area contributed by atoms with Gasteiger partial charge in [-0.15, -0.1) is 12.4 Å². The summed E-state index contributed by atoms with van der Waals surface area (Å²) in [4.78, 5) is 32.7. The number of carbonyl (C=O) groups is 2. The molecule has 1 atom stereocenters. The third-order valence-electron chi connectivity index (χ3n) is 9.03. The number of hydrogen-bond acceptors (Lipinski definition) is 4. The van der Waals surface area contributed by atoms with E-state index in [0.29, 0.717) is 22.0 Å². The van der Waals surface area contributed by atoms with Crippen LogP contribution in [0.1, 0.15) is 68.8 Å². The van der Waals surface area contributed by atoms with Crippen molar-refractivity contribution in [3.8, 4) is 11.1 Å². The molecule has 2 aromatic rings. The van der Waals surface area contributed by atoms with Gasteiger partial charge in [0.15, 0.2) is 0 Å². The largest absolute Gasteiger partial charge is 0.393 e. The van der Waals surface area contributed by atoms with E-state index in [4.69, 9.17) is 23.2 Å². The monoisotopic (exact) mass is 621 g/mol. The number of nitrogens with zero attached hydrogens (tertiary/aromatic N) is 3. The van der Waals surface area contributed by atoms with Crippen LogP contribution in [0.3, 0.4) is 0 Å². The van der Waals surface area contributed by atoms with E-state index in [9.17, 15) is 14.7 Å². The van der Waals surface area contributed by atoms with Crippen LogP contribution in [0, 0.1) is 5.92 Å². The van der Waals surface area contributed by atoms with Gasteiger partial charge in [0.1, 0.15) is 0 Å². The lowest BCUT2D eigenvalue weighted by molar-refractivity contribution is -0.133. The number of amides is 2. The molecule has 1 unspecified atom stereocenters. The molecule has 2 aromatic carbocycles. The lowest BCUT2D eigenvalue weighted by Crippen LogP contribution is -2.54. The zero-order valence-corrected chi connectivity index (χ0v) is 26.6. The fourth-order valence-electron chi connectivity index (χ4n) is 6.46. The van der Waals surface area contributed by atoms with Gasteiger partial charge < -0.3 is 14.9 Å². The summed E-state index contributed by atoms with van der Waals surface area (Å²) in [5, 5.41) is 10.9. The first kappa shape index (κ1) is 32.1. The summed E-state index contributed by atoms with van der Waals surface area (Å²) in [7, 11) is 0.